The average molecular weight is 538 g/mol. The molecule has 198 valence electrons. The van der Waals surface area contributed by atoms with Crippen molar-refractivity contribution in [3.8, 4) is 11.8 Å². The maximum Gasteiger partial charge on any atom is 0.331 e. The van der Waals surface area contributed by atoms with Gasteiger partial charge in [0.15, 0.2) is 0 Å². The molecule has 1 atom stereocenters. The molecule has 0 N–H and O–H groups in total. The summed E-state index contributed by atoms with van der Waals surface area (Å²) in [5.74, 6) is 0.183. The number of nitrogens with zero attached hydrogens (tertiary/aromatic N) is 5. The number of carbonyl (C=O) groups is 3. The van der Waals surface area contributed by atoms with E-state index in [-0.39, 0.29) is 42.3 Å². The van der Waals surface area contributed by atoms with E-state index < -0.39 is 0 Å². The Morgan fingerprint density at radius 3 is 2.68 bits per heavy atom. The summed E-state index contributed by atoms with van der Waals surface area (Å²) in [6, 6.07) is 8.09. The molecule has 0 spiro atoms. The normalized spacial score (nSPS) is 23.6. The smallest absolute Gasteiger partial charge is 0.331 e. The molecule has 0 radical (unpaired) electrons. The van der Waals surface area contributed by atoms with E-state index in [1.54, 1.807) is 37.5 Å². The lowest BCUT2D eigenvalue weighted by molar-refractivity contribution is -0.183. The SMILES string of the molecule is CN1CC(=O)N(c2ccc(Cl)c(OCC3CCC(C(=O)N4OCC[C@H]4c4cncc(C#N)c4)CC3)c2)C1=O. The van der Waals surface area contributed by atoms with Crippen molar-refractivity contribution in [3.05, 3.63) is 52.8 Å². The van der Waals surface area contributed by atoms with Crippen LogP contribution in [0.2, 0.25) is 5.02 Å². The average Bonchev–Trinajstić information content (AvgIpc) is 3.52. The third kappa shape index (κ3) is 5.17. The zero-order valence-electron chi connectivity index (χ0n) is 21.0. The molecule has 2 saturated heterocycles. The first-order chi connectivity index (χ1) is 18.4. The summed E-state index contributed by atoms with van der Waals surface area (Å²) in [7, 11) is 1.58. The molecule has 3 aliphatic rings. The summed E-state index contributed by atoms with van der Waals surface area (Å²) in [5, 5.41) is 11.1. The number of aromatic nitrogens is 1. The van der Waals surface area contributed by atoms with E-state index >= 15 is 0 Å². The zero-order chi connectivity index (χ0) is 26.8. The highest BCUT2D eigenvalue weighted by molar-refractivity contribution is 6.32. The Balaban J connectivity index is 1.16. The van der Waals surface area contributed by atoms with Gasteiger partial charge in [0, 0.05) is 37.8 Å². The number of anilines is 1. The lowest BCUT2D eigenvalue weighted by atomic mass is 9.81. The minimum absolute atomic E-state index is 0.0325. The second-order valence-corrected chi connectivity index (χ2v) is 10.3. The molecule has 1 aromatic carbocycles. The Morgan fingerprint density at radius 1 is 1.18 bits per heavy atom. The van der Waals surface area contributed by atoms with Gasteiger partial charge in [0.05, 0.1) is 35.5 Å². The summed E-state index contributed by atoms with van der Waals surface area (Å²) < 4.78 is 6.02. The lowest BCUT2D eigenvalue weighted by Crippen LogP contribution is -2.37. The van der Waals surface area contributed by atoms with Crippen molar-refractivity contribution in [2.75, 3.05) is 31.7 Å². The molecule has 1 aromatic heterocycles. The van der Waals surface area contributed by atoms with E-state index in [4.69, 9.17) is 21.2 Å². The number of nitriles is 1. The predicted molar refractivity (Wildman–Crippen MR) is 137 cm³/mol. The Morgan fingerprint density at radius 2 is 1.97 bits per heavy atom. The van der Waals surface area contributed by atoms with Gasteiger partial charge in [-0.15, -0.1) is 0 Å². The number of halogens is 1. The van der Waals surface area contributed by atoms with Gasteiger partial charge in [-0.1, -0.05) is 11.6 Å². The van der Waals surface area contributed by atoms with Crippen LogP contribution in [0, 0.1) is 23.2 Å². The molecule has 5 rings (SSSR count). The molecule has 2 aromatic rings. The first kappa shape index (κ1) is 25.9. The fourth-order valence-corrected chi connectivity index (χ4v) is 5.44. The molecular weight excluding hydrogens is 510 g/mol. The number of benzene rings is 1. The minimum atomic E-state index is -0.385. The highest BCUT2D eigenvalue weighted by Crippen LogP contribution is 2.37. The number of carbonyl (C=O) groups excluding carboxylic acids is 3. The number of hydrogen-bond donors (Lipinski definition) is 0. The number of pyridine rings is 1. The van der Waals surface area contributed by atoms with E-state index in [1.165, 1.54) is 16.2 Å². The molecule has 3 fully saturated rings. The number of urea groups is 1. The zero-order valence-corrected chi connectivity index (χ0v) is 21.8. The van der Waals surface area contributed by atoms with Crippen LogP contribution in [0.15, 0.2) is 36.7 Å². The third-order valence-electron chi connectivity index (χ3n) is 7.38. The number of hydroxylamine groups is 2. The number of rotatable bonds is 6. The maximum atomic E-state index is 13.3. The predicted octanol–water partition coefficient (Wildman–Crippen LogP) is 4.10. The molecule has 3 heterocycles. The Kier molecular flexibility index (Phi) is 7.49. The molecule has 1 saturated carbocycles. The number of imide groups is 1. The van der Waals surface area contributed by atoms with Gasteiger partial charge in [0.1, 0.15) is 18.4 Å². The van der Waals surface area contributed by atoms with E-state index in [1.807, 2.05) is 0 Å². The number of amides is 4. The van der Waals surface area contributed by atoms with Crippen molar-refractivity contribution in [1.29, 1.82) is 5.26 Å². The van der Waals surface area contributed by atoms with Crippen LogP contribution in [-0.2, 0) is 14.4 Å². The van der Waals surface area contributed by atoms with Gasteiger partial charge in [-0.2, -0.15) is 5.26 Å². The third-order valence-corrected chi connectivity index (χ3v) is 7.69. The minimum Gasteiger partial charge on any atom is -0.492 e. The van der Waals surface area contributed by atoms with Crippen molar-refractivity contribution in [1.82, 2.24) is 14.9 Å². The van der Waals surface area contributed by atoms with Crippen molar-refractivity contribution < 1.29 is 24.0 Å². The van der Waals surface area contributed by atoms with Crippen LogP contribution in [0.5, 0.6) is 5.75 Å². The monoisotopic (exact) mass is 537 g/mol. The molecule has 10 nitrogen and oxygen atoms in total. The summed E-state index contributed by atoms with van der Waals surface area (Å²) in [4.78, 5) is 50.2. The molecule has 2 aliphatic heterocycles. The van der Waals surface area contributed by atoms with Gasteiger partial charge < -0.3 is 9.64 Å². The Bertz CT molecular complexity index is 1290. The van der Waals surface area contributed by atoms with Crippen LogP contribution in [0.3, 0.4) is 0 Å². The molecule has 0 unspecified atom stereocenters. The number of ether oxygens (including phenoxy) is 1. The van der Waals surface area contributed by atoms with Crippen LogP contribution < -0.4 is 9.64 Å². The van der Waals surface area contributed by atoms with Crippen molar-refractivity contribution >= 4 is 35.1 Å². The molecule has 1 aliphatic carbocycles. The summed E-state index contributed by atoms with van der Waals surface area (Å²) in [6.07, 6.45) is 6.90. The summed E-state index contributed by atoms with van der Waals surface area (Å²) in [6.45, 7) is 0.897. The van der Waals surface area contributed by atoms with Gasteiger partial charge in [0.25, 0.3) is 5.91 Å². The second kappa shape index (κ2) is 11.0. The molecule has 4 amide bonds. The van der Waals surface area contributed by atoms with Crippen molar-refractivity contribution in [2.24, 2.45) is 11.8 Å². The van der Waals surface area contributed by atoms with Gasteiger partial charge in [0.2, 0.25) is 5.91 Å². The van der Waals surface area contributed by atoms with Crippen LogP contribution in [0.1, 0.15) is 49.3 Å². The fraction of sp³-hybridized carbons (Fsp3) is 0.444. The highest BCUT2D eigenvalue weighted by Gasteiger charge is 2.38. The van der Waals surface area contributed by atoms with E-state index in [0.717, 1.165) is 23.3 Å². The van der Waals surface area contributed by atoms with Gasteiger partial charge in [-0.3, -0.25) is 19.4 Å². The highest BCUT2D eigenvalue weighted by atomic mass is 35.5. The first-order valence-electron chi connectivity index (χ1n) is 12.7. The maximum absolute atomic E-state index is 13.3. The van der Waals surface area contributed by atoms with Crippen LogP contribution in [0.4, 0.5) is 10.5 Å². The number of hydrogen-bond acceptors (Lipinski definition) is 7. The standard InChI is InChI=1S/C27H28ClN5O5/c1-31-15-25(34)32(27(31)36)21-6-7-22(28)24(11-21)37-16-17-2-4-19(5-3-17)26(35)33-23(8-9-38-33)20-10-18(12-29)13-30-14-20/h6-7,10-11,13-14,17,19,23H,2-5,8-9,15-16H2,1H3/t17?,19?,23-/m0/s1. The largest absolute Gasteiger partial charge is 0.492 e. The topological polar surface area (TPSA) is 116 Å². The molecular formula is C27H28ClN5O5. The Hall–Kier alpha value is -3.68. The van der Waals surface area contributed by atoms with Crippen LogP contribution >= 0.6 is 11.6 Å². The fourth-order valence-electron chi connectivity index (χ4n) is 5.27. The first-order valence-corrected chi connectivity index (χ1v) is 13.0. The van der Waals surface area contributed by atoms with Gasteiger partial charge in [-0.25, -0.2) is 14.8 Å². The summed E-state index contributed by atoms with van der Waals surface area (Å²) >= 11 is 6.33. The van der Waals surface area contributed by atoms with Gasteiger partial charge >= 0.3 is 6.03 Å². The van der Waals surface area contributed by atoms with E-state index in [0.29, 0.717) is 54.5 Å². The van der Waals surface area contributed by atoms with Crippen LogP contribution in [-0.4, -0.2) is 59.6 Å². The quantitative estimate of drug-likeness (QED) is 0.509. The van der Waals surface area contributed by atoms with Crippen LogP contribution in [0.25, 0.3) is 0 Å². The van der Waals surface area contributed by atoms with Gasteiger partial charge in [-0.05, 0) is 55.4 Å². The Labute approximate surface area is 225 Å². The molecule has 11 heteroatoms. The summed E-state index contributed by atoms with van der Waals surface area (Å²) in [5.41, 5.74) is 1.69. The molecule has 0 bridgehead atoms. The van der Waals surface area contributed by atoms with E-state index in [9.17, 15) is 19.6 Å². The molecule has 38 heavy (non-hydrogen) atoms. The lowest BCUT2D eigenvalue weighted by Gasteiger charge is -2.32. The second-order valence-electron chi connectivity index (χ2n) is 9.93. The van der Waals surface area contributed by atoms with E-state index in [2.05, 4.69) is 11.1 Å². The number of likely N-dealkylation sites (N-methyl/N-ethyl adjacent to an activating group) is 1. The van der Waals surface area contributed by atoms with Crippen molar-refractivity contribution in [2.45, 2.75) is 38.1 Å². The van der Waals surface area contributed by atoms with Crippen molar-refractivity contribution in [3.63, 3.8) is 0 Å².